The maximum atomic E-state index is 6.03. The van der Waals surface area contributed by atoms with Crippen LogP contribution in [0, 0.1) is 13.8 Å². The van der Waals surface area contributed by atoms with Gasteiger partial charge in [-0.05, 0) is 49.8 Å². The van der Waals surface area contributed by atoms with Gasteiger partial charge in [0, 0.05) is 6.04 Å². The highest BCUT2D eigenvalue weighted by Crippen LogP contribution is 2.25. The van der Waals surface area contributed by atoms with Gasteiger partial charge in [0.25, 0.3) is 0 Å². The molecule has 1 aromatic rings. The summed E-state index contributed by atoms with van der Waals surface area (Å²) in [5.41, 5.74) is 9.81. The zero-order valence-electron chi connectivity index (χ0n) is 13.0. The topological polar surface area (TPSA) is 35.2 Å². The number of hydrogen-bond donors (Lipinski definition) is 1. The van der Waals surface area contributed by atoms with Crippen molar-refractivity contribution in [2.75, 3.05) is 6.61 Å². The zero-order valence-corrected chi connectivity index (χ0v) is 13.0. The molecule has 0 heterocycles. The van der Waals surface area contributed by atoms with E-state index in [9.17, 15) is 0 Å². The van der Waals surface area contributed by atoms with Crippen LogP contribution < -0.4 is 10.5 Å². The molecule has 0 bridgehead atoms. The van der Waals surface area contributed by atoms with Crippen LogP contribution in [-0.4, -0.2) is 12.6 Å². The highest BCUT2D eigenvalue weighted by Gasteiger charge is 2.08. The lowest BCUT2D eigenvalue weighted by Gasteiger charge is -2.15. The van der Waals surface area contributed by atoms with E-state index in [0.717, 1.165) is 31.6 Å². The Bertz CT molecular complexity index is 364. The fraction of sp³-hybridized carbons (Fsp3) is 0.647. The maximum absolute atomic E-state index is 6.03. The fourth-order valence-electron chi connectivity index (χ4n) is 2.36. The summed E-state index contributed by atoms with van der Waals surface area (Å²) in [6.07, 6.45) is 5.58. The summed E-state index contributed by atoms with van der Waals surface area (Å²) in [7, 11) is 0. The van der Waals surface area contributed by atoms with Crippen LogP contribution in [0.1, 0.15) is 56.2 Å². The van der Waals surface area contributed by atoms with E-state index in [1.165, 1.54) is 29.5 Å². The lowest BCUT2D eigenvalue weighted by molar-refractivity contribution is 0.302. The van der Waals surface area contributed by atoms with E-state index in [-0.39, 0.29) is 6.04 Å². The van der Waals surface area contributed by atoms with Crippen LogP contribution in [0.4, 0.5) is 0 Å². The quantitative estimate of drug-likeness (QED) is 0.715. The Balaban J connectivity index is 2.68. The maximum Gasteiger partial charge on any atom is 0.125 e. The second-order valence-corrected chi connectivity index (χ2v) is 5.49. The Labute approximate surface area is 118 Å². The first-order valence-electron chi connectivity index (χ1n) is 7.57. The van der Waals surface area contributed by atoms with E-state index in [1.807, 2.05) is 0 Å². The molecule has 0 aliphatic heterocycles. The lowest BCUT2D eigenvalue weighted by Crippen LogP contribution is -2.21. The molecule has 0 spiro atoms. The molecule has 0 aliphatic carbocycles. The van der Waals surface area contributed by atoms with Crippen LogP contribution in [0.5, 0.6) is 5.75 Å². The average Bonchev–Trinajstić information content (AvgIpc) is 2.37. The standard InChI is InChI=1S/C17H29NO/c1-5-7-8-9-19-17-13(3)10-15(11-14(17)4)12-16(18)6-2/h10-11,16H,5-9,12,18H2,1-4H3. The lowest BCUT2D eigenvalue weighted by atomic mass is 9.99. The van der Waals surface area contributed by atoms with Crippen LogP contribution >= 0.6 is 0 Å². The SMILES string of the molecule is CCCCCOc1c(C)cc(CC(N)CC)cc1C. The van der Waals surface area contributed by atoms with Crippen molar-refractivity contribution in [3.8, 4) is 5.75 Å². The first-order valence-corrected chi connectivity index (χ1v) is 7.57. The largest absolute Gasteiger partial charge is 0.493 e. The van der Waals surface area contributed by atoms with Gasteiger partial charge in [0.15, 0.2) is 0 Å². The molecular formula is C17H29NO. The molecule has 1 unspecified atom stereocenters. The van der Waals surface area contributed by atoms with Crippen molar-refractivity contribution in [2.24, 2.45) is 5.73 Å². The summed E-state index contributed by atoms with van der Waals surface area (Å²) in [5.74, 6) is 1.06. The number of hydrogen-bond acceptors (Lipinski definition) is 2. The van der Waals surface area contributed by atoms with E-state index < -0.39 is 0 Å². The summed E-state index contributed by atoms with van der Waals surface area (Å²) < 4.78 is 5.92. The van der Waals surface area contributed by atoms with Gasteiger partial charge in [0.2, 0.25) is 0 Å². The Morgan fingerprint density at radius 2 is 1.74 bits per heavy atom. The van der Waals surface area contributed by atoms with Crippen molar-refractivity contribution in [1.29, 1.82) is 0 Å². The van der Waals surface area contributed by atoms with Gasteiger partial charge in [-0.25, -0.2) is 0 Å². The van der Waals surface area contributed by atoms with Crippen LogP contribution in [-0.2, 0) is 6.42 Å². The van der Waals surface area contributed by atoms with E-state index in [2.05, 4.69) is 39.8 Å². The smallest absolute Gasteiger partial charge is 0.125 e. The van der Waals surface area contributed by atoms with Crippen molar-refractivity contribution in [2.45, 2.75) is 65.8 Å². The molecule has 19 heavy (non-hydrogen) atoms. The van der Waals surface area contributed by atoms with E-state index in [1.54, 1.807) is 0 Å². The number of unbranched alkanes of at least 4 members (excludes halogenated alkanes) is 2. The summed E-state index contributed by atoms with van der Waals surface area (Å²) in [4.78, 5) is 0. The van der Waals surface area contributed by atoms with Gasteiger partial charge < -0.3 is 10.5 Å². The molecule has 0 amide bonds. The van der Waals surface area contributed by atoms with Crippen molar-refractivity contribution >= 4 is 0 Å². The Morgan fingerprint density at radius 3 is 2.26 bits per heavy atom. The fourth-order valence-corrected chi connectivity index (χ4v) is 2.36. The van der Waals surface area contributed by atoms with Crippen molar-refractivity contribution in [1.82, 2.24) is 0 Å². The van der Waals surface area contributed by atoms with Gasteiger partial charge in [-0.3, -0.25) is 0 Å². The van der Waals surface area contributed by atoms with Gasteiger partial charge in [-0.2, -0.15) is 0 Å². The summed E-state index contributed by atoms with van der Waals surface area (Å²) in [6, 6.07) is 4.70. The molecule has 1 atom stereocenters. The number of nitrogens with two attached hydrogens (primary N) is 1. The Kier molecular flexibility index (Phi) is 6.93. The molecule has 0 saturated heterocycles. The molecule has 0 aromatic heterocycles. The molecule has 2 heteroatoms. The highest BCUT2D eigenvalue weighted by atomic mass is 16.5. The molecule has 0 radical (unpaired) electrons. The first kappa shape index (κ1) is 16.0. The van der Waals surface area contributed by atoms with Gasteiger partial charge in [-0.15, -0.1) is 0 Å². The van der Waals surface area contributed by atoms with Crippen molar-refractivity contribution in [3.63, 3.8) is 0 Å². The molecule has 0 fully saturated rings. The van der Waals surface area contributed by atoms with E-state index in [4.69, 9.17) is 10.5 Å². The van der Waals surface area contributed by atoms with Gasteiger partial charge in [0.05, 0.1) is 6.61 Å². The summed E-state index contributed by atoms with van der Waals surface area (Å²) in [5, 5.41) is 0. The molecule has 0 saturated carbocycles. The van der Waals surface area contributed by atoms with Gasteiger partial charge in [0.1, 0.15) is 5.75 Å². The molecule has 1 rings (SSSR count). The third-order valence-electron chi connectivity index (χ3n) is 3.54. The third kappa shape index (κ3) is 5.23. The normalized spacial score (nSPS) is 12.5. The predicted molar refractivity (Wildman–Crippen MR) is 82.9 cm³/mol. The minimum Gasteiger partial charge on any atom is -0.493 e. The number of rotatable bonds is 8. The third-order valence-corrected chi connectivity index (χ3v) is 3.54. The van der Waals surface area contributed by atoms with Crippen LogP contribution in [0.3, 0.4) is 0 Å². The summed E-state index contributed by atoms with van der Waals surface area (Å²) in [6.45, 7) is 9.42. The molecule has 1 aromatic carbocycles. The number of ether oxygens (including phenoxy) is 1. The van der Waals surface area contributed by atoms with Crippen molar-refractivity contribution < 1.29 is 4.74 Å². The highest BCUT2D eigenvalue weighted by molar-refractivity contribution is 5.43. The number of aryl methyl sites for hydroxylation is 2. The second kappa shape index (κ2) is 8.21. The Hall–Kier alpha value is -1.02. The zero-order chi connectivity index (χ0) is 14.3. The molecule has 108 valence electrons. The van der Waals surface area contributed by atoms with Gasteiger partial charge in [-0.1, -0.05) is 38.8 Å². The first-order chi connectivity index (χ1) is 9.08. The van der Waals surface area contributed by atoms with Crippen molar-refractivity contribution in [3.05, 3.63) is 28.8 Å². The van der Waals surface area contributed by atoms with E-state index >= 15 is 0 Å². The van der Waals surface area contributed by atoms with Crippen LogP contribution in [0.25, 0.3) is 0 Å². The van der Waals surface area contributed by atoms with E-state index in [0.29, 0.717) is 0 Å². The molecule has 0 aliphatic rings. The second-order valence-electron chi connectivity index (χ2n) is 5.49. The summed E-state index contributed by atoms with van der Waals surface area (Å²) >= 11 is 0. The molecule has 2 N–H and O–H groups in total. The van der Waals surface area contributed by atoms with Crippen LogP contribution in [0.15, 0.2) is 12.1 Å². The minimum absolute atomic E-state index is 0.259. The van der Waals surface area contributed by atoms with Gasteiger partial charge >= 0.3 is 0 Å². The predicted octanol–water partition coefficient (Wildman–Crippen LogP) is 4.15. The average molecular weight is 263 g/mol. The number of benzene rings is 1. The molecule has 2 nitrogen and oxygen atoms in total. The monoisotopic (exact) mass is 263 g/mol. The Morgan fingerprint density at radius 1 is 1.11 bits per heavy atom. The van der Waals surface area contributed by atoms with Crippen LogP contribution in [0.2, 0.25) is 0 Å². The minimum atomic E-state index is 0.259. The molecular weight excluding hydrogens is 234 g/mol.